The van der Waals surface area contributed by atoms with Crippen molar-refractivity contribution in [2.75, 3.05) is 37.6 Å². The normalized spacial score (nSPS) is 21.8. The number of likely N-dealkylation sites (tertiary alicyclic amines) is 1. The van der Waals surface area contributed by atoms with Crippen molar-refractivity contribution in [1.82, 2.24) is 19.8 Å². The number of carbonyl (C=O) groups excluding carboxylic acids is 2. The highest BCUT2D eigenvalue weighted by Gasteiger charge is 2.41. The molecule has 7 nitrogen and oxygen atoms in total. The Kier molecular flexibility index (Phi) is 4.67. The molecular formula is C18H27N5O2. The molecule has 1 unspecified atom stereocenters. The Balaban J connectivity index is 1.58. The largest absolute Gasteiger partial charge is 0.353 e. The standard InChI is InChI=1S/C18H27N5O2/c1-13-9-15(20-12-19-13)21-5-7-22(8-6-21)17(25)14-10-16(24)23(11-14)18(2,3)4/h9,12,14H,5-8,10-11H2,1-4H3. The zero-order valence-corrected chi connectivity index (χ0v) is 15.5. The van der Waals surface area contributed by atoms with E-state index in [4.69, 9.17) is 0 Å². The molecule has 3 rings (SSSR count). The van der Waals surface area contributed by atoms with Crippen LogP contribution in [0.15, 0.2) is 12.4 Å². The smallest absolute Gasteiger partial charge is 0.228 e. The molecule has 0 aromatic carbocycles. The Bertz CT molecular complexity index is 662. The highest BCUT2D eigenvalue weighted by Crippen LogP contribution is 2.27. The molecule has 7 heteroatoms. The average molecular weight is 345 g/mol. The summed E-state index contributed by atoms with van der Waals surface area (Å²) in [5.41, 5.74) is 0.714. The van der Waals surface area contributed by atoms with E-state index in [-0.39, 0.29) is 23.3 Å². The third-order valence-corrected chi connectivity index (χ3v) is 4.99. The monoisotopic (exact) mass is 345 g/mol. The van der Waals surface area contributed by atoms with Crippen molar-refractivity contribution < 1.29 is 9.59 Å². The molecule has 0 bridgehead atoms. The molecule has 2 aliphatic rings. The first-order chi connectivity index (χ1) is 11.8. The predicted molar refractivity (Wildman–Crippen MR) is 95.1 cm³/mol. The first-order valence-electron chi connectivity index (χ1n) is 8.88. The molecule has 0 spiro atoms. The van der Waals surface area contributed by atoms with Crippen LogP contribution in [-0.4, -0.2) is 69.8 Å². The van der Waals surface area contributed by atoms with Crippen LogP contribution in [0.1, 0.15) is 32.9 Å². The lowest BCUT2D eigenvalue weighted by Gasteiger charge is -2.37. The first-order valence-corrected chi connectivity index (χ1v) is 8.88. The minimum Gasteiger partial charge on any atom is -0.353 e. The van der Waals surface area contributed by atoms with Crippen LogP contribution in [0.3, 0.4) is 0 Å². The maximum absolute atomic E-state index is 12.8. The van der Waals surface area contributed by atoms with Crippen LogP contribution in [0, 0.1) is 12.8 Å². The molecule has 1 atom stereocenters. The molecule has 1 aromatic heterocycles. The van der Waals surface area contributed by atoms with Gasteiger partial charge in [-0.3, -0.25) is 9.59 Å². The number of aromatic nitrogens is 2. The lowest BCUT2D eigenvalue weighted by molar-refractivity contribution is -0.136. The van der Waals surface area contributed by atoms with E-state index in [9.17, 15) is 9.59 Å². The lowest BCUT2D eigenvalue weighted by Crippen LogP contribution is -2.51. The summed E-state index contributed by atoms with van der Waals surface area (Å²) in [5, 5.41) is 0. The molecule has 0 N–H and O–H groups in total. The zero-order chi connectivity index (χ0) is 18.2. The number of anilines is 1. The van der Waals surface area contributed by atoms with Gasteiger partial charge in [-0.1, -0.05) is 0 Å². The molecule has 1 aromatic rings. The number of nitrogens with zero attached hydrogens (tertiary/aromatic N) is 5. The van der Waals surface area contributed by atoms with E-state index < -0.39 is 0 Å². The van der Waals surface area contributed by atoms with Crippen LogP contribution >= 0.6 is 0 Å². The Labute approximate surface area is 149 Å². The predicted octanol–water partition coefficient (Wildman–Crippen LogP) is 1.08. The number of aryl methyl sites for hydroxylation is 1. The molecule has 0 aliphatic carbocycles. The van der Waals surface area contributed by atoms with Gasteiger partial charge in [-0.2, -0.15) is 0 Å². The van der Waals surface area contributed by atoms with Crippen molar-refractivity contribution in [3.8, 4) is 0 Å². The van der Waals surface area contributed by atoms with Gasteiger partial charge >= 0.3 is 0 Å². The molecule has 2 saturated heterocycles. The van der Waals surface area contributed by atoms with Crippen LogP contribution in [0.4, 0.5) is 5.82 Å². The van der Waals surface area contributed by atoms with Gasteiger partial charge < -0.3 is 14.7 Å². The molecule has 136 valence electrons. The third-order valence-electron chi connectivity index (χ3n) is 4.99. The van der Waals surface area contributed by atoms with E-state index in [2.05, 4.69) is 14.9 Å². The number of rotatable bonds is 2. The van der Waals surface area contributed by atoms with E-state index in [1.165, 1.54) is 0 Å². The minimum absolute atomic E-state index is 0.0842. The van der Waals surface area contributed by atoms with Gasteiger partial charge in [-0.25, -0.2) is 9.97 Å². The van der Waals surface area contributed by atoms with Crippen LogP contribution < -0.4 is 4.90 Å². The Morgan fingerprint density at radius 1 is 1.16 bits per heavy atom. The second-order valence-corrected chi connectivity index (χ2v) is 7.91. The SMILES string of the molecule is Cc1cc(N2CCN(C(=O)C3CC(=O)N(C(C)(C)C)C3)CC2)ncn1. The van der Waals surface area contributed by atoms with Crippen LogP contribution in [-0.2, 0) is 9.59 Å². The highest BCUT2D eigenvalue weighted by molar-refractivity contribution is 5.89. The Hall–Kier alpha value is -2.18. The fourth-order valence-corrected chi connectivity index (χ4v) is 3.55. The van der Waals surface area contributed by atoms with Gasteiger partial charge in [0.1, 0.15) is 12.1 Å². The molecule has 2 fully saturated rings. The van der Waals surface area contributed by atoms with Crippen molar-refractivity contribution in [3.05, 3.63) is 18.1 Å². The van der Waals surface area contributed by atoms with E-state index in [1.807, 2.05) is 43.6 Å². The number of piperazine rings is 1. The number of hydrogen-bond acceptors (Lipinski definition) is 5. The summed E-state index contributed by atoms with van der Waals surface area (Å²) < 4.78 is 0. The summed E-state index contributed by atoms with van der Waals surface area (Å²) in [4.78, 5) is 39.4. The molecule has 2 aliphatic heterocycles. The number of hydrogen-bond donors (Lipinski definition) is 0. The van der Waals surface area contributed by atoms with Gasteiger partial charge in [0.25, 0.3) is 0 Å². The maximum Gasteiger partial charge on any atom is 0.228 e. The van der Waals surface area contributed by atoms with Crippen molar-refractivity contribution in [2.45, 2.75) is 39.7 Å². The van der Waals surface area contributed by atoms with Crippen molar-refractivity contribution in [3.63, 3.8) is 0 Å². The number of amides is 2. The summed E-state index contributed by atoms with van der Waals surface area (Å²) in [6.07, 6.45) is 1.91. The fourth-order valence-electron chi connectivity index (χ4n) is 3.55. The van der Waals surface area contributed by atoms with Gasteiger partial charge in [0.15, 0.2) is 0 Å². The molecule has 0 radical (unpaired) electrons. The van der Waals surface area contributed by atoms with Gasteiger partial charge in [0, 0.05) is 56.4 Å². The maximum atomic E-state index is 12.8. The third kappa shape index (κ3) is 3.75. The van der Waals surface area contributed by atoms with Crippen LogP contribution in [0.5, 0.6) is 0 Å². The van der Waals surface area contributed by atoms with Gasteiger partial charge in [0.2, 0.25) is 11.8 Å². The summed E-state index contributed by atoms with van der Waals surface area (Å²) >= 11 is 0. The van der Waals surface area contributed by atoms with Crippen molar-refractivity contribution in [1.29, 1.82) is 0 Å². The van der Waals surface area contributed by atoms with E-state index in [1.54, 1.807) is 6.33 Å². The van der Waals surface area contributed by atoms with Crippen LogP contribution in [0.2, 0.25) is 0 Å². The molecule has 0 saturated carbocycles. The lowest BCUT2D eigenvalue weighted by atomic mass is 10.1. The van der Waals surface area contributed by atoms with Crippen LogP contribution in [0.25, 0.3) is 0 Å². The topological polar surface area (TPSA) is 69.6 Å². The average Bonchev–Trinajstić information content (AvgIpc) is 2.96. The Morgan fingerprint density at radius 2 is 1.84 bits per heavy atom. The van der Waals surface area contributed by atoms with Gasteiger partial charge in [-0.05, 0) is 27.7 Å². The van der Waals surface area contributed by atoms with E-state index in [0.29, 0.717) is 26.1 Å². The second kappa shape index (κ2) is 6.61. The first kappa shape index (κ1) is 17.6. The Morgan fingerprint density at radius 3 is 2.40 bits per heavy atom. The zero-order valence-electron chi connectivity index (χ0n) is 15.5. The molecule has 3 heterocycles. The summed E-state index contributed by atoms with van der Waals surface area (Å²) in [6, 6.07) is 1.97. The fraction of sp³-hybridized carbons (Fsp3) is 0.667. The van der Waals surface area contributed by atoms with Gasteiger partial charge in [-0.15, -0.1) is 0 Å². The number of carbonyl (C=O) groups is 2. The van der Waals surface area contributed by atoms with E-state index >= 15 is 0 Å². The summed E-state index contributed by atoms with van der Waals surface area (Å²) in [7, 11) is 0. The quantitative estimate of drug-likeness (QED) is 0.802. The highest BCUT2D eigenvalue weighted by atomic mass is 16.2. The molecule has 25 heavy (non-hydrogen) atoms. The molecular weight excluding hydrogens is 318 g/mol. The minimum atomic E-state index is -0.227. The van der Waals surface area contributed by atoms with E-state index in [0.717, 1.165) is 24.6 Å². The second-order valence-electron chi connectivity index (χ2n) is 7.91. The summed E-state index contributed by atoms with van der Waals surface area (Å²) in [6.45, 7) is 11.4. The van der Waals surface area contributed by atoms with Gasteiger partial charge in [0.05, 0.1) is 5.92 Å². The van der Waals surface area contributed by atoms with Crippen molar-refractivity contribution in [2.24, 2.45) is 5.92 Å². The molecule has 2 amide bonds. The van der Waals surface area contributed by atoms with Crippen molar-refractivity contribution >= 4 is 17.6 Å². The summed E-state index contributed by atoms with van der Waals surface area (Å²) in [5.74, 6) is 0.897.